The average molecular weight is 382 g/mol. The highest BCUT2D eigenvalue weighted by Crippen LogP contribution is 2.40. The largest absolute Gasteiger partial charge is 0.398 e. The molecule has 1 fully saturated rings. The highest BCUT2D eigenvalue weighted by Gasteiger charge is 2.29. The highest BCUT2D eigenvalue weighted by molar-refractivity contribution is 5.93. The summed E-state index contributed by atoms with van der Waals surface area (Å²) >= 11 is 0. The van der Waals surface area contributed by atoms with Crippen molar-refractivity contribution in [3.63, 3.8) is 0 Å². The van der Waals surface area contributed by atoms with Crippen molar-refractivity contribution < 1.29 is 9.23 Å². The molecule has 1 aliphatic rings. The number of hydrogen-bond donors (Lipinski definition) is 1. The lowest BCUT2D eigenvalue weighted by atomic mass is 9.73. The number of nitrogens with one attached hydrogen (secondary N) is 1. The van der Waals surface area contributed by atoms with Crippen molar-refractivity contribution in [2.24, 2.45) is 22.0 Å². The molecule has 1 saturated carbocycles. The second kappa shape index (κ2) is 9.44. The van der Waals surface area contributed by atoms with Gasteiger partial charge in [-0.05, 0) is 67.3 Å². The molecule has 0 amide bonds. The highest BCUT2D eigenvalue weighted by atomic mass is 19.1. The molecular formula is C22H27FN4O. The second-order valence-electron chi connectivity index (χ2n) is 7.23. The first kappa shape index (κ1) is 20.0. The molecule has 1 aromatic carbocycles. The predicted molar refractivity (Wildman–Crippen MR) is 112 cm³/mol. The zero-order valence-corrected chi connectivity index (χ0v) is 16.4. The molecule has 1 heterocycles. The molecule has 0 aliphatic heterocycles. The maximum atomic E-state index is 13.8. The molecule has 6 heteroatoms. The molecule has 3 rings (SSSR count). The van der Waals surface area contributed by atoms with E-state index in [2.05, 4.69) is 34.0 Å². The molecule has 2 aromatic rings. The Bertz CT molecular complexity index is 872. The molecule has 1 N–H and O–H groups in total. The predicted octanol–water partition coefficient (Wildman–Crippen LogP) is 5.01. The standard InChI is InChI=1S/C22H27FN4O/c1-4-24-14-26-22(27-28-3)15(2)16-5-7-17(8-6-16)19-11-12-25-21-10-9-18(23)13-20(19)21/h4,9-17H,1,5-8H2,2-3H3,(H,24,26,27)/t15-,16-,17+/m1/s1. The molecule has 0 radical (unpaired) electrons. The van der Waals surface area contributed by atoms with Crippen LogP contribution in [-0.2, 0) is 4.84 Å². The smallest absolute Gasteiger partial charge is 0.150 e. The number of aliphatic imine (C=N–C) groups is 1. The van der Waals surface area contributed by atoms with E-state index in [0.29, 0.717) is 11.8 Å². The van der Waals surface area contributed by atoms with Crippen LogP contribution in [0.15, 0.2) is 53.4 Å². The van der Waals surface area contributed by atoms with E-state index in [-0.39, 0.29) is 11.7 Å². The summed E-state index contributed by atoms with van der Waals surface area (Å²) in [4.78, 5) is 13.3. The van der Waals surface area contributed by atoms with Gasteiger partial charge in [-0.25, -0.2) is 9.38 Å². The number of halogens is 1. The van der Waals surface area contributed by atoms with Crippen molar-refractivity contribution in [1.29, 1.82) is 0 Å². The van der Waals surface area contributed by atoms with E-state index >= 15 is 0 Å². The first-order chi connectivity index (χ1) is 13.6. The van der Waals surface area contributed by atoms with Gasteiger partial charge in [0.1, 0.15) is 18.8 Å². The molecule has 1 aliphatic carbocycles. The molecule has 5 nitrogen and oxygen atoms in total. The summed E-state index contributed by atoms with van der Waals surface area (Å²) in [6.45, 7) is 5.73. The summed E-state index contributed by atoms with van der Waals surface area (Å²) in [5.74, 6) is 1.71. The summed E-state index contributed by atoms with van der Waals surface area (Å²) in [7, 11) is 1.55. The van der Waals surface area contributed by atoms with E-state index in [1.807, 2.05) is 12.3 Å². The number of aromatic nitrogens is 1. The summed E-state index contributed by atoms with van der Waals surface area (Å²) in [6.07, 6.45) is 9.15. The van der Waals surface area contributed by atoms with Crippen LogP contribution in [0.1, 0.15) is 44.1 Å². The fourth-order valence-corrected chi connectivity index (χ4v) is 4.14. The first-order valence-corrected chi connectivity index (χ1v) is 9.68. The summed E-state index contributed by atoms with van der Waals surface area (Å²) in [6, 6.07) is 6.88. The first-order valence-electron chi connectivity index (χ1n) is 9.68. The maximum Gasteiger partial charge on any atom is 0.150 e. The van der Waals surface area contributed by atoms with E-state index in [0.717, 1.165) is 42.4 Å². The fourth-order valence-electron chi connectivity index (χ4n) is 4.14. The summed E-state index contributed by atoms with van der Waals surface area (Å²) < 4.78 is 13.8. The van der Waals surface area contributed by atoms with Gasteiger partial charge in [0.05, 0.1) is 11.9 Å². The topological polar surface area (TPSA) is 58.9 Å². The van der Waals surface area contributed by atoms with Crippen molar-refractivity contribution in [3.8, 4) is 0 Å². The van der Waals surface area contributed by atoms with Gasteiger partial charge < -0.3 is 10.2 Å². The van der Waals surface area contributed by atoms with Gasteiger partial charge in [0, 0.05) is 23.7 Å². The molecule has 0 bridgehead atoms. The van der Waals surface area contributed by atoms with Gasteiger partial charge >= 0.3 is 0 Å². The van der Waals surface area contributed by atoms with Gasteiger partial charge in [0.15, 0.2) is 0 Å². The maximum absolute atomic E-state index is 13.8. The van der Waals surface area contributed by atoms with Crippen LogP contribution in [0.5, 0.6) is 0 Å². The van der Waals surface area contributed by atoms with Crippen LogP contribution in [0.3, 0.4) is 0 Å². The van der Waals surface area contributed by atoms with Crippen molar-refractivity contribution in [2.75, 3.05) is 7.11 Å². The molecule has 28 heavy (non-hydrogen) atoms. The number of pyridine rings is 1. The van der Waals surface area contributed by atoms with Gasteiger partial charge in [-0.2, -0.15) is 0 Å². The molecule has 1 atom stereocenters. The Labute approximate surface area is 165 Å². The molecule has 0 spiro atoms. The van der Waals surface area contributed by atoms with Crippen LogP contribution >= 0.6 is 0 Å². The van der Waals surface area contributed by atoms with Crippen molar-refractivity contribution in [1.82, 2.24) is 10.3 Å². The number of hydrogen-bond acceptors (Lipinski definition) is 4. The van der Waals surface area contributed by atoms with Crippen molar-refractivity contribution in [3.05, 3.63) is 54.6 Å². The Morgan fingerprint density at radius 3 is 2.82 bits per heavy atom. The molecular weight excluding hydrogens is 355 g/mol. The van der Waals surface area contributed by atoms with Gasteiger partial charge in [-0.3, -0.25) is 4.98 Å². The van der Waals surface area contributed by atoms with E-state index in [9.17, 15) is 4.39 Å². The van der Waals surface area contributed by atoms with Crippen LogP contribution in [-0.4, -0.2) is 24.3 Å². The minimum atomic E-state index is -0.211. The summed E-state index contributed by atoms with van der Waals surface area (Å²) in [5, 5.41) is 8.17. The average Bonchev–Trinajstić information content (AvgIpc) is 2.72. The third-order valence-electron chi connectivity index (χ3n) is 5.67. The second-order valence-corrected chi connectivity index (χ2v) is 7.23. The zero-order valence-electron chi connectivity index (χ0n) is 16.4. The monoisotopic (exact) mass is 382 g/mol. The number of fused-ring (bicyclic) bond motifs is 1. The number of amidine groups is 1. The van der Waals surface area contributed by atoms with Crippen molar-refractivity contribution in [2.45, 2.75) is 38.5 Å². The number of nitrogens with zero attached hydrogens (tertiary/aromatic N) is 3. The van der Waals surface area contributed by atoms with Crippen molar-refractivity contribution >= 4 is 23.1 Å². The Balaban J connectivity index is 1.70. The van der Waals surface area contributed by atoms with E-state index in [1.165, 1.54) is 17.8 Å². The van der Waals surface area contributed by atoms with E-state index in [4.69, 9.17) is 4.84 Å². The third-order valence-corrected chi connectivity index (χ3v) is 5.67. The van der Waals surface area contributed by atoms with Gasteiger partial charge in [-0.15, -0.1) is 0 Å². The SMILES string of the molecule is C=C/N=C/N/C(=N\OC)[C@H](C)[C@H]1CC[C@@H](c2ccnc3ccc(F)cc32)CC1. The van der Waals surface area contributed by atoms with Crippen LogP contribution in [0.2, 0.25) is 0 Å². The van der Waals surface area contributed by atoms with E-state index in [1.54, 1.807) is 25.6 Å². The van der Waals surface area contributed by atoms with Gasteiger partial charge in [0.2, 0.25) is 0 Å². The normalized spacial score (nSPS) is 21.6. The fraction of sp³-hybridized carbons (Fsp3) is 0.409. The zero-order chi connectivity index (χ0) is 19.9. The Hall–Kier alpha value is -2.76. The molecule has 0 unspecified atom stereocenters. The minimum absolute atomic E-state index is 0.211. The Kier molecular flexibility index (Phi) is 6.74. The van der Waals surface area contributed by atoms with Crippen LogP contribution in [0.25, 0.3) is 10.9 Å². The Morgan fingerprint density at radius 2 is 2.11 bits per heavy atom. The van der Waals surface area contributed by atoms with Crippen LogP contribution in [0.4, 0.5) is 4.39 Å². The summed E-state index contributed by atoms with van der Waals surface area (Å²) in [5.41, 5.74) is 2.06. The minimum Gasteiger partial charge on any atom is -0.398 e. The number of benzene rings is 1. The molecule has 0 saturated heterocycles. The Morgan fingerprint density at radius 1 is 1.32 bits per heavy atom. The van der Waals surface area contributed by atoms with Gasteiger partial charge in [-0.1, -0.05) is 18.7 Å². The lowest BCUT2D eigenvalue weighted by molar-refractivity contribution is 0.205. The lowest BCUT2D eigenvalue weighted by Gasteiger charge is -2.33. The van der Waals surface area contributed by atoms with Crippen LogP contribution in [0, 0.1) is 17.7 Å². The molecule has 148 valence electrons. The molecule has 1 aromatic heterocycles. The lowest BCUT2D eigenvalue weighted by Crippen LogP contribution is -2.34. The van der Waals surface area contributed by atoms with Crippen LogP contribution < -0.4 is 5.32 Å². The van der Waals surface area contributed by atoms with E-state index < -0.39 is 0 Å². The van der Waals surface area contributed by atoms with Gasteiger partial charge in [0.25, 0.3) is 0 Å². The quantitative estimate of drug-likeness (QED) is 0.434. The number of oxime groups is 1. The number of rotatable bonds is 6. The third kappa shape index (κ3) is 4.55.